The number of unbranched alkanes of at least 4 members (excludes halogenated alkanes) is 1. The highest BCUT2D eigenvalue weighted by Gasteiger charge is 2.02. The Morgan fingerprint density at radius 1 is 1.11 bits per heavy atom. The zero-order valence-electron chi connectivity index (χ0n) is 10.8. The van der Waals surface area contributed by atoms with Crippen molar-refractivity contribution < 1.29 is 4.80 Å². The molecule has 0 fully saturated rings. The van der Waals surface area contributed by atoms with Crippen LogP contribution in [0.25, 0.3) is 16.8 Å². The SMILES string of the molecule is CCCC[SiH](O)C=Cc1cccc2ccccc12. The number of benzene rings is 2. The van der Waals surface area contributed by atoms with E-state index in [-0.39, 0.29) is 0 Å². The van der Waals surface area contributed by atoms with Gasteiger partial charge in [0.1, 0.15) is 0 Å². The third kappa shape index (κ3) is 3.31. The lowest BCUT2D eigenvalue weighted by atomic mass is 10.1. The van der Waals surface area contributed by atoms with Crippen LogP contribution in [0.4, 0.5) is 0 Å². The molecule has 0 aliphatic carbocycles. The normalized spacial score (nSPS) is 13.2. The Hall–Kier alpha value is -1.38. The van der Waals surface area contributed by atoms with Crippen LogP contribution in [0.5, 0.6) is 0 Å². The lowest BCUT2D eigenvalue weighted by Crippen LogP contribution is -2.06. The van der Waals surface area contributed by atoms with E-state index >= 15 is 0 Å². The van der Waals surface area contributed by atoms with E-state index in [1.54, 1.807) is 0 Å². The molecule has 0 saturated carbocycles. The minimum Gasteiger partial charge on any atom is -0.431 e. The highest BCUT2D eigenvalue weighted by Crippen LogP contribution is 2.19. The van der Waals surface area contributed by atoms with Gasteiger partial charge in [0.05, 0.1) is 0 Å². The van der Waals surface area contributed by atoms with E-state index in [1.807, 2.05) is 5.70 Å². The molecule has 2 aromatic carbocycles. The van der Waals surface area contributed by atoms with Crippen molar-refractivity contribution in [3.63, 3.8) is 0 Å². The maximum Gasteiger partial charge on any atom is 0.196 e. The van der Waals surface area contributed by atoms with Gasteiger partial charge >= 0.3 is 0 Å². The Kier molecular flexibility index (Phi) is 4.73. The molecule has 94 valence electrons. The topological polar surface area (TPSA) is 20.2 Å². The average Bonchev–Trinajstić information content (AvgIpc) is 2.42. The summed E-state index contributed by atoms with van der Waals surface area (Å²) in [5.74, 6) is 0. The first kappa shape index (κ1) is 13.1. The lowest BCUT2D eigenvalue weighted by molar-refractivity contribution is 0.577. The average molecular weight is 256 g/mol. The molecule has 0 aliphatic heterocycles. The van der Waals surface area contributed by atoms with Crippen molar-refractivity contribution in [1.82, 2.24) is 0 Å². The summed E-state index contributed by atoms with van der Waals surface area (Å²) in [7, 11) is -1.65. The Balaban J connectivity index is 2.18. The maximum atomic E-state index is 9.97. The van der Waals surface area contributed by atoms with Crippen LogP contribution in [-0.4, -0.2) is 13.8 Å². The van der Waals surface area contributed by atoms with Crippen LogP contribution in [0.2, 0.25) is 6.04 Å². The molecule has 0 aliphatic rings. The monoisotopic (exact) mass is 256 g/mol. The summed E-state index contributed by atoms with van der Waals surface area (Å²) in [5.41, 5.74) is 3.24. The second-order valence-electron chi connectivity index (χ2n) is 4.64. The van der Waals surface area contributed by atoms with Crippen molar-refractivity contribution in [2.45, 2.75) is 25.8 Å². The molecule has 1 nitrogen and oxygen atoms in total. The van der Waals surface area contributed by atoms with Gasteiger partial charge in [-0.15, -0.1) is 0 Å². The van der Waals surface area contributed by atoms with Gasteiger partial charge in [0.25, 0.3) is 0 Å². The van der Waals surface area contributed by atoms with Gasteiger partial charge in [0.2, 0.25) is 0 Å². The molecule has 2 aromatic rings. The van der Waals surface area contributed by atoms with E-state index < -0.39 is 9.04 Å². The quantitative estimate of drug-likeness (QED) is 0.804. The molecule has 1 N–H and O–H groups in total. The molecule has 18 heavy (non-hydrogen) atoms. The van der Waals surface area contributed by atoms with Crippen LogP contribution in [0, 0.1) is 0 Å². The van der Waals surface area contributed by atoms with Gasteiger partial charge in [-0.2, -0.15) is 0 Å². The Morgan fingerprint density at radius 2 is 1.89 bits per heavy atom. The predicted octanol–water partition coefficient (Wildman–Crippen LogP) is 3.91. The zero-order chi connectivity index (χ0) is 12.8. The summed E-state index contributed by atoms with van der Waals surface area (Å²) in [6.07, 6.45) is 4.38. The Bertz CT molecular complexity index is 528. The fourth-order valence-corrected chi connectivity index (χ4v) is 3.57. The smallest absolute Gasteiger partial charge is 0.196 e. The summed E-state index contributed by atoms with van der Waals surface area (Å²) >= 11 is 0. The summed E-state index contributed by atoms with van der Waals surface area (Å²) < 4.78 is 0. The molecule has 0 saturated heterocycles. The van der Waals surface area contributed by atoms with Crippen molar-refractivity contribution in [2.24, 2.45) is 0 Å². The van der Waals surface area contributed by atoms with E-state index in [0.717, 1.165) is 18.9 Å². The van der Waals surface area contributed by atoms with Crippen molar-refractivity contribution in [3.8, 4) is 0 Å². The fourth-order valence-electron chi connectivity index (χ4n) is 2.12. The van der Waals surface area contributed by atoms with E-state index in [1.165, 1.54) is 16.3 Å². The second-order valence-corrected chi connectivity index (χ2v) is 6.73. The summed E-state index contributed by atoms with van der Waals surface area (Å²) in [6, 6.07) is 15.7. The Morgan fingerprint density at radius 3 is 2.72 bits per heavy atom. The zero-order valence-corrected chi connectivity index (χ0v) is 12.0. The second kappa shape index (κ2) is 6.52. The van der Waals surface area contributed by atoms with Gasteiger partial charge in [0, 0.05) is 0 Å². The molecule has 0 aromatic heterocycles. The van der Waals surface area contributed by atoms with Crippen molar-refractivity contribution in [3.05, 3.63) is 53.7 Å². The molecular weight excluding hydrogens is 236 g/mol. The lowest BCUT2D eigenvalue weighted by Gasteiger charge is -2.04. The van der Waals surface area contributed by atoms with Crippen molar-refractivity contribution in [2.75, 3.05) is 0 Å². The maximum absolute atomic E-state index is 9.97. The van der Waals surface area contributed by atoms with Crippen LogP contribution in [0.3, 0.4) is 0 Å². The van der Waals surface area contributed by atoms with Crippen LogP contribution in [-0.2, 0) is 0 Å². The summed E-state index contributed by atoms with van der Waals surface area (Å²) in [4.78, 5) is 9.97. The molecule has 0 bridgehead atoms. The minimum atomic E-state index is -1.65. The van der Waals surface area contributed by atoms with Crippen molar-refractivity contribution >= 4 is 25.9 Å². The molecule has 0 radical (unpaired) electrons. The van der Waals surface area contributed by atoms with Gasteiger partial charge < -0.3 is 4.80 Å². The van der Waals surface area contributed by atoms with Crippen molar-refractivity contribution in [1.29, 1.82) is 0 Å². The summed E-state index contributed by atoms with van der Waals surface area (Å²) in [5, 5.41) is 2.51. The van der Waals surface area contributed by atoms with Gasteiger partial charge in [-0.3, -0.25) is 0 Å². The third-order valence-corrected chi connectivity index (χ3v) is 4.81. The van der Waals surface area contributed by atoms with E-state index in [4.69, 9.17) is 0 Å². The standard InChI is InChI=1S/C16H20OSi/c1-2-3-12-18(17)13-11-15-9-6-8-14-7-4-5-10-16(14)15/h4-11,13,17-18H,2-3,12H2,1H3. The van der Waals surface area contributed by atoms with Crippen LogP contribution >= 0.6 is 0 Å². The van der Waals surface area contributed by atoms with Gasteiger partial charge in [-0.25, -0.2) is 0 Å². The molecule has 2 heteroatoms. The molecule has 0 spiro atoms. The predicted molar refractivity (Wildman–Crippen MR) is 82.1 cm³/mol. The van der Waals surface area contributed by atoms with Gasteiger partial charge in [-0.1, -0.05) is 74.0 Å². The van der Waals surface area contributed by atoms with E-state index in [0.29, 0.717) is 0 Å². The number of rotatable bonds is 5. The van der Waals surface area contributed by atoms with Gasteiger partial charge in [0.15, 0.2) is 9.04 Å². The van der Waals surface area contributed by atoms with Crippen LogP contribution < -0.4 is 0 Å². The first-order chi connectivity index (χ1) is 8.81. The molecule has 0 amide bonds. The molecule has 2 rings (SSSR count). The first-order valence-electron chi connectivity index (χ1n) is 6.65. The number of hydrogen-bond donors (Lipinski definition) is 1. The molecule has 0 heterocycles. The van der Waals surface area contributed by atoms with E-state index in [2.05, 4.69) is 55.5 Å². The molecular formula is C16H20OSi. The van der Waals surface area contributed by atoms with Crippen LogP contribution in [0.1, 0.15) is 25.3 Å². The minimum absolute atomic E-state index is 0.984. The largest absolute Gasteiger partial charge is 0.431 e. The molecule has 1 atom stereocenters. The van der Waals surface area contributed by atoms with Gasteiger partial charge in [-0.05, 0) is 22.4 Å². The summed E-state index contributed by atoms with van der Waals surface area (Å²) in [6.45, 7) is 2.16. The highest BCUT2D eigenvalue weighted by molar-refractivity contribution is 6.57. The fraction of sp³-hybridized carbons (Fsp3) is 0.250. The first-order valence-corrected chi connectivity index (χ1v) is 8.65. The number of fused-ring (bicyclic) bond motifs is 1. The molecule has 1 unspecified atom stereocenters. The highest BCUT2D eigenvalue weighted by atomic mass is 28.3. The number of hydrogen-bond acceptors (Lipinski definition) is 1. The Labute approximate surface area is 111 Å². The van der Waals surface area contributed by atoms with E-state index in [9.17, 15) is 4.80 Å². The third-order valence-electron chi connectivity index (χ3n) is 3.17. The van der Waals surface area contributed by atoms with Crippen LogP contribution in [0.15, 0.2) is 48.2 Å².